The van der Waals surface area contributed by atoms with Gasteiger partial charge >= 0.3 is 0 Å². The minimum absolute atomic E-state index is 0.519. The molecule has 3 heterocycles. The number of nitrogens with two attached hydrogens (primary N) is 1. The van der Waals surface area contributed by atoms with Crippen molar-refractivity contribution in [3.8, 4) is 0 Å². The first-order valence-corrected chi connectivity index (χ1v) is 7.95. The summed E-state index contributed by atoms with van der Waals surface area (Å²) in [6, 6.07) is 6.68. The molecule has 2 aromatic rings. The van der Waals surface area contributed by atoms with Crippen LogP contribution < -0.4 is 5.73 Å². The van der Waals surface area contributed by atoms with E-state index in [1.54, 1.807) is 0 Å². The molecule has 2 N–H and O–H groups in total. The fourth-order valence-corrected chi connectivity index (χ4v) is 3.35. The lowest BCUT2D eigenvalue weighted by molar-refractivity contribution is 0.138. The molecule has 5 heteroatoms. The van der Waals surface area contributed by atoms with Gasteiger partial charge in [-0.25, -0.2) is 0 Å². The maximum absolute atomic E-state index is 5.85. The molecule has 114 valence electrons. The molecule has 2 aromatic heterocycles. The van der Waals surface area contributed by atoms with Gasteiger partial charge in [-0.15, -0.1) is 10.2 Å². The van der Waals surface area contributed by atoms with Crippen LogP contribution in [0.2, 0.25) is 0 Å². The summed E-state index contributed by atoms with van der Waals surface area (Å²) in [5, 5.41) is 8.70. The lowest BCUT2D eigenvalue weighted by Crippen LogP contribution is -2.40. The quantitative estimate of drug-likeness (QED) is 0.932. The average molecular weight is 287 g/mol. The lowest BCUT2D eigenvalue weighted by atomic mass is 9.93. The first kappa shape index (κ1) is 14.5. The molecule has 0 aromatic carbocycles. The van der Waals surface area contributed by atoms with Crippen molar-refractivity contribution in [3.05, 3.63) is 29.7 Å². The largest absolute Gasteiger partial charge is 0.325 e. The Morgan fingerprint density at radius 3 is 2.95 bits per heavy atom. The number of hydrogen-bond donors (Lipinski definition) is 1. The van der Waals surface area contributed by atoms with Gasteiger partial charge in [0.1, 0.15) is 5.82 Å². The molecule has 21 heavy (non-hydrogen) atoms. The Morgan fingerprint density at radius 1 is 1.33 bits per heavy atom. The van der Waals surface area contributed by atoms with Gasteiger partial charge in [0.2, 0.25) is 0 Å². The first-order valence-electron chi connectivity index (χ1n) is 7.95. The molecular formula is C16H25N5. The Balaban J connectivity index is 1.82. The Bertz CT molecular complexity index is 604. The number of piperidine rings is 1. The SMILES string of the molecule is CC(C)N1CCCC(Cc2nnc3cccc(CN)n23)C1. The van der Waals surface area contributed by atoms with Crippen LogP contribution in [0.5, 0.6) is 0 Å². The number of pyridine rings is 1. The van der Waals surface area contributed by atoms with E-state index in [2.05, 4.69) is 39.4 Å². The molecule has 1 fully saturated rings. The van der Waals surface area contributed by atoms with E-state index >= 15 is 0 Å². The zero-order valence-corrected chi connectivity index (χ0v) is 13.0. The van der Waals surface area contributed by atoms with Gasteiger partial charge < -0.3 is 10.6 Å². The van der Waals surface area contributed by atoms with Gasteiger partial charge in [-0.1, -0.05) is 6.07 Å². The van der Waals surface area contributed by atoms with Crippen LogP contribution in [0.3, 0.4) is 0 Å². The molecule has 0 radical (unpaired) electrons. The molecule has 3 rings (SSSR count). The first-order chi connectivity index (χ1) is 10.2. The van der Waals surface area contributed by atoms with Crippen LogP contribution in [-0.2, 0) is 13.0 Å². The number of aromatic nitrogens is 3. The van der Waals surface area contributed by atoms with E-state index in [9.17, 15) is 0 Å². The maximum Gasteiger partial charge on any atom is 0.161 e. The van der Waals surface area contributed by atoms with Crippen LogP contribution in [0, 0.1) is 5.92 Å². The minimum Gasteiger partial charge on any atom is -0.325 e. The molecule has 5 nitrogen and oxygen atoms in total. The summed E-state index contributed by atoms with van der Waals surface area (Å²) in [4.78, 5) is 2.57. The van der Waals surface area contributed by atoms with Crippen molar-refractivity contribution in [2.24, 2.45) is 11.7 Å². The van der Waals surface area contributed by atoms with Gasteiger partial charge in [-0.05, 0) is 51.3 Å². The Hall–Kier alpha value is -1.46. The monoisotopic (exact) mass is 287 g/mol. The second kappa shape index (κ2) is 6.12. The smallest absolute Gasteiger partial charge is 0.161 e. The molecule has 0 bridgehead atoms. The number of rotatable bonds is 4. The highest BCUT2D eigenvalue weighted by Crippen LogP contribution is 2.22. The van der Waals surface area contributed by atoms with Crippen LogP contribution in [0.15, 0.2) is 18.2 Å². The predicted molar refractivity (Wildman–Crippen MR) is 84.0 cm³/mol. The highest BCUT2D eigenvalue weighted by molar-refractivity contribution is 5.40. The minimum atomic E-state index is 0.519. The third-order valence-corrected chi connectivity index (χ3v) is 4.54. The summed E-state index contributed by atoms with van der Waals surface area (Å²) in [6.45, 7) is 7.47. The van der Waals surface area contributed by atoms with Crippen molar-refractivity contribution in [1.82, 2.24) is 19.5 Å². The molecule has 1 aliphatic heterocycles. The lowest BCUT2D eigenvalue weighted by Gasteiger charge is -2.35. The van der Waals surface area contributed by atoms with E-state index in [4.69, 9.17) is 5.73 Å². The summed E-state index contributed by atoms with van der Waals surface area (Å²) < 4.78 is 2.13. The van der Waals surface area contributed by atoms with Crippen molar-refractivity contribution >= 4 is 5.65 Å². The topological polar surface area (TPSA) is 59.5 Å². The van der Waals surface area contributed by atoms with Crippen LogP contribution in [0.25, 0.3) is 5.65 Å². The number of hydrogen-bond acceptors (Lipinski definition) is 4. The molecule has 1 aliphatic rings. The zero-order chi connectivity index (χ0) is 14.8. The molecule has 0 aliphatic carbocycles. The van der Waals surface area contributed by atoms with E-state index in [0.29, 0.717) is 18.5 Å². The van der Waals surface area contributed by atoms with Gasteiger partial charge in [-0.3, -0.25) is 4.40 Å². The molecule has 1 saturated heterocycles. The van der Waals surface area contributed by atoms with Crippen molar-refractivity contribution in [3.63, 3.8) is 0 Å². The zero-order valence-electron chi connectivity index (χ0n) is 13.0. The fraction of sp³-hybridized carbons (Fsp3) is 0.625. The van der Waals surface area contributed by atoms with Gasteiger partial charge in [0.25, 0.3) is 0 Å². The van der Waals surface area contributed by atoms with Crippen LogP contribution in [0.4, 0.5) is 0 Å². The van der Waals surface area contributed by atoms with E-state index < -0.39 is 0 Å². The van der Waals surface area contributed by atoms with Crippen LogP contribution in [-0.4, -0.2) is 38.6 Å². The average Bonchev–Trinajstić information content (AvgIpc) is 2.91. The van der Waals surface area contributed by atoms with E-state index in [0.717, 1.165) is 30.1 Å². The fourth-order valence-electron chi connectivity index (χ4n) is 3.35. The molecule has 0 spiro atoms. The standard InChI is InChI=1S/C16H25N5/c1-12(2)20-8-4-5-13(11-20)9-16-19-18-15-7-3-6-14(10-17)21(15)16/h3,6-7,12-13H,4-5,8-11,17H2,1-2H3. The molecular weight excluding hydrogens is 262 g/mol. The van der Waals surface area contributed by atoms with E-state index in [1.807, 2.05) is 12.1 Å². The second-order valence-electron chi connectivity index (χ2n) is 6.33. The third kappa shape index (κ3) is 2.94. The summed E-state index contributed by atoms with van der Waals surface area (Å²) >= 11 is 0. The maximum atomic E-state index is 5.85. The van der Waals surface area contributed by atoms with Crippen molar-refractivity contribution in [2.45, 2.75) is 45.7 Å². The highest BCUT2D eigenvalue weighted by Gasteiger charge is 2.23. The van der Waals surface area contributed by atoms with E-state index in [1.165, 1.54) is 19.4 Å². The van der Waals surface area contributed by atoms with Gasteiger partial charge in [0, 0.05) is 31.2 Å². The Morgan fingerprint density at radius 2 is 2.19 bits per heavy atom. The second-order valence-corrected chi connectivity index (χ2v) is 6.33. The van der Waals surface area contributed by atoms with Crippen molar-refractivity contribution in [2.75, 3.05) is 13.1 Å². The number of nitrogens with zero attached hydrogens (tertiary/aromatic N) is 4. The summed E-state index contributed by atoms with van der Waals surface area (Å²) in [6.07, 6.45) is 3.55. The summed E-state index contributed by atoms with van der Waals surface area (Å²) in [7, 11) is 0. The predicted octanol–water partition coefficient (Wildman–Crippen LogP) is 1.85. The van der Waals surface area contributed by atoms with Crippen molar-refractivity contribution < 1.29 is 0 Å². The number of likely N-dealkylation sites (tertiary alicyclic amines) is 1. The molecule has 1 atom stereocenters. The molecule has 1 unspecified atom stereocenters. The van der Waals surface area contributed by atoms with Crippen LogP contribution >= 0.6 is 0 Å². The van der Waals surface area contributed by atoms with Gasteiger partial charge in [0.15, 0.2) is 5.65 Å². The molecule has 0 saturated carbocycles. The van der Waals surface area contributed by atoms with E-state index in [-0.39, 0.29) is 0 Å². The third-order valence-electron chi connectivity index (χ3n) is 4.54. The number of fused-ring (bicyclic) bond motifs is 1. The van der Waals surface area contributed by atoms with Gasteiger partial charge in [-0.2, -0.15) is 0 Å². The highest BCUT2D eigenvalue weighted by atomic mass is 15.3. The van der Waals surface area contributed by atoms with Gasteiger partial charge in [0.05, 0.1) is 0 Å². The summed E-state index contributed by atoms with van der Waals surface area (Å²) in [5.41, 5.74) is 7.85. The van der Waals surface area contributed by atoms with Crippen molar-refractivity contribution in [1.29, 1.82) is 0 Å². The normalized spacial score (nSPS) is 20.5. The summed E-state index contributed by atoms with van der Waals surface area (Å²) in [5.74, 6) is 1.72. The Labute approximate surface area is 126 Å². The molecule has 0 amide bonds. The Kier molecular flexibility index (Phi) is 4.22. The van der Waals surface area contributed by atoms with Crippen LogP contribution in [0.1, 0.15) is 38.2 Å².